The molecular formula is C13H24ClNO2. The summed E-state index contributed by atoms with van der Waals surface area (Å²) in [7, 11) is 0. The first-order chi connectivity index (χ1) is 7.95. The molecule has 0 aromatic carbocycles. The van der Waals surface area contributed by atoms with E-state index in [1.807, 2.05) is 11.8 Å². The molecule has 0 saturated carbocycles. The Labute approximate surface area is 109 Å². The summed E-state index contributed by atoms with van der Waals surface area (Å²) < 4.78 is 0. The molecule has 1 amide bonds. The normalized spacial score (nSPS) is 27.3. The van der Waals surface area contributed by atoms with Crippen molar-refractivity contribution in [2.75, 3.05) is 13.1 Å². The Bertz CT molecular complexity index is 258. The van der Waals surface area contributed by atoms with Crippen LogP contribution in [0.15, 0.2) is 0 Å². The monoisotopic (exact) mass is 261 g/mol. The zero-order valence-electron chi connectivity index (χ0n) is 11.0. The third-order valence-corrected chi connectivity index (χ3v) is 3.90. The molecule has 0 aromatic heterocycles. The Morgan fingerprint density at radius 1 is 1.53 bits per heavy atom. The minimum atomic E-state index is -0.412. The second-order valence-corrected chi connectivity index (χ2v) is 5.93. The van der Waals surface area contributed by atoms with Crippen molar-refractivity contribution in [2.24, 2.45) is 11.8 Å². The van der Waals surface area contributed by atoms with Gasteiger partial charge in [-0.3, -0.25) is 4.79 Å². The number of aliphatic hydroxyl groups excluding tert-OH is 1. The zero-order chi connectivity index (χ0) is 13.0. The number of likely N-dealkylation sites (tertiary alicyclic amines) is 1. The van der Waals surface area contributed by atoms with Gasteiger partial charge < -0.3 is 10.0 Å². The lowest BCUT2D eigenvalue weighted by atomic mass is 9.87. The number of carbonyl (C=O) groups excluding carboxylic acids is 1. The van der Waals surface area contributed by atoms with Crippen molar-refractivity contribution >= 4 is 17.5 Å². The lowest BCUT2D eigenvalue weighted by molar-refractivity contribution is -0.134. The molecule has 1 fully saturated rings. The number of halogens is 1. The van der Waals surface area contributed by atoms with Gasteiger partial charge >= 0.3 is 0 Å². The SMILES string of the molecule is CC[C@H](Cl)C(=O)N1CC[C@H](O)[C@H](CC(C)C)C1. The van der Waals surface area contributed by atoms with Crippen molar-refractivity contribution < 1.29 is 9.90 Å². The van der Waals surface area contributed by atoms with Crippen LogP contribution in [0, 0.1) is 11.8 Å². The van der Waals surface area contributed by atoms with E-state index < -0.39 is 5.38 Å². The summed E-state index contributed by atoms with van der Waals surface area (Å²) in [4.78, 5) is 13.8. The molecule has 1 N–H and O–H groups in total. The standard InChI is InChI=1S/C13H24ClNO2/c1-4-11(14)13(17)15-6-5-12(16)10(8-15)7-9(2)3/h9-12,16H,4-8H2,1-3H3/t10-,11+,12+/m1/s1. The quantitative estimate of drug-likeness (QED) is 0.789. The van der Waals surface area contributed by atoms with Gasteiger partial charge in [-0.05, 0) is 25.2 Å². The molecule has 1 rings (SSSR count). The Kier molecular flexibility index (Phi) is 5.74. The number of alkyl halides is 1. The van der Waals surface area contributed by atoms with E-state index in [1.54, 1.807) is 0 Å². The molecular weight excluding hydrogens is 238 g/mol. The lowest BCUT2D eigenvalue weighted by Gasteiger charge is -2.37. The lowest BCUT2D eigenvalue weighted by Crippen LogP contribution is -2.48. The largest absolute Gasteiger partial charge is 0.393 e. The number of hydrogen-bond donors (Lipinski definition) is 1. The molecule has 0 bridgehead atoms. The number of nitrogens with zero attached hydrogens (tertiary/aromatic N) is 1. The van der Waals surface area contributed by atoms with Crippen LogP contribution in [-0.2, 0) is 4.79 Å². The van der Waals surface area contributed by atoms with Gasteiger partial charge in [0.1, 0.15) is 5.38 Å². The molecule has 4 heteroatoms. The second-order valence-electron chi connectivity index (χ2n) is 5.41. The van der Waals surface area contributed by atoms with Gasteiger partial charge in [-0.1, -0.05) is 20.8 Å². The van der Waals surface area contributed by atoms with Gasteiger partial charge in [0.2, 0.25) is 5.91 Å². The summed E-state index contributed by atoms with van der Waals surface area (Å²) >= 11 is 5.99. The van der Waals surface area contributed by atoms with E-state index in [-0.39, 0.29) is 17.9 Å². The van der Waals surface area contributed by atoms with Gasteiger partial charge in [0.15, 0.2) is 0 Å². The maximum Gasteiger partial charge on any atom is 0.240 e. The molecule has 3 nitrogen and oxygen atoms in total. The average molecular weight is 262 g/mol. The van der Waals surface area contributed by atoms with Crippen molar-refractivity contribution in [2.45, 2.75) is 51.5 Å². The van der Waals surface area contributed by atoms with Gasteiger partial charge in [-0.2, -0.15) is 0 Å². The summed E-state index contributed by atoms with van der Waals surface area (Å²) in [5.41, 5.74) is 0. The van der Waals surface area contributed by atoms with Crippen LogP contribution in [0.25, 0.3) is 0 Å². The molecule has 1 saturated heterocycles. The fourth-order valence-corrected chi connectivity index (χ4v) is 2.57. The van der Waals surface area contributed by atoms with Crippen molar-refractivity contribution in [3.63, 3.8) is 0 Å². The number of hydrogen-bond acceptors (Lipinski definition) is 2. The van der Waals surface area contributed by atoms with E-state index in [2.05, 4.69) is 13.8 Å². The Balaban J connectivity index is 2.57. The summed E-state index contributed by atoms with van der Waals surface area (Å²) in [5, 5.41) is 9.53. The molecule has 0 aromatic rings. The summed E-state index contributed by atoms with van der Waals surface area (Å²) in [6.45, 7) is 7.49. The average Bonchev–Trinajstić information content (AvgIpc) is 2.29. The minimum absolute atomic E-state index is 0.0230. The summed E-state index contributed by atoms with van der Waals surface area (Å²) in [6.07, 6.45) is 2.03. The Hall–Kier alpha value is -0.280. The number of carbonyl (C=O) groups is 1. The molecule has 1 aliphatic rings. The molecule has 3 atom stereocenters. The van der Waals surface area contributed by atoms with Crippen LogP contribution in [0.2, 0.25) is 0 Å². The summed E-state index contributed by atoms with van der Waals surface area (Å²) in [6, 6.07) is 0. The fraction of sp³-hybridized carbons (Fsp3) is 0.923. The van der Waals surface area contributed by atoms with Gasteiger partial charge in [0, 0.05) is 19.0 Å². The Morgan fingerprint density at radius 2 is 2.18 bits per heavy atom. The van der Waals surface area contributed by atoms with Crippen LogP contribution in [0.1, 0.15) is 40.0 Å². The Morgan fingerprint density at radius 3 is 2.71 bits per heavy atom. The van der Waals surface area contributed by atoms with Crippen molar-refractivity contribution in [1.29, 1.82) is 0 Å². The number of amides is 1. The highest BCUT2D eigenvalue weighted by molar-refractivity contribution is 6.30. The highest BCUT2D eigenvalue weighted by Gasteiger charge is 2.32. The van der Waals surface area contributed by atoms with Crippen LogP contribution in [-0.4, -0.2) is 40.5 Å². The van der Waals surface area contributed by atoms with E-state index in [9.17, 15) is 9.90 Å². The van der Waals surface area contributed by atoms with Gasteiger partial charge in [0.05, 0.1) is 6.10 Å². The highest BCUT2D eigenvalue weighted by atomic mass is 35.5. The highest BCUT2D eigenvalue weighted by Crippen LogP contribution is 2.25. The maximum atomic E-state index is 12.0. The molecule has 0 radical (unpaired) electrons. The second kappa shape index (κ2) is 6.60. The number of rotatable bonds is 4. The minimum Gasteiger partial charge on any atom is -0.393 e. The molecule has 0 spiro atoms. The van der Waals surface area contributed by atoms with E-state index in [0.717, 1.165) is 6.42 Å². The van der Waals surface area contributed by atoms with Crippen LogP contribution in [0.5, 0.6) is 0 Å². The predicted octanol–water partition coefficient (Wildman–Crippen LogP) is 2.26. The van der Waals surface area contributed by atoms with E-state index >= 15 is 0 Å². The third-order valence-electron chi connectivity index (χ3n) is 3.41. The molecule has 17 heavy (non-hydrogen) atoms. The topological polar surface area (TPSA) is 40.5 Å². The smallest absolute Gasteiger partial charge is 0.240 e. The van der Waals surface area contributed by atoms with Crippen LogP contribution in [0.3, 0.4) is 0 Å². The zero-order valence-corrected chi connectivity index (χ0v) is 11.8. The van der Waals surface area contributed by atoms with Gasteiger partial charge in [-0.15, -0.1) is 11.6 Å². The first kappa shape index (κ1) is 14.8. The van der Waals surface area contributed by atoms with Crippen molar-refractivity contribution in [3.8, 4) is 0 Å². The van der Waals surface area contributed by atoms with Crippen LogP contribution >= 0.6 is 11.6 Å². The molecule has 100 valence electrons. The summed E-state index contributed by atoms with van der Waals surface area (Å²) in [5.74, 6) is 0.769. The number of aliphatic hydroxyl groups is 1. The molecule has 1 aliphatic heterocycles. The van der Waals surface area contributed by atoms with Crippen molar-refractivity contribution in [3.05, 3.63) is 0 Å². The van der Waals surface area contributed by atoms with Gasteiger partial charge in [-0.25, -0.2) is 0 Å². The number of piperidine rings is 1. The first-order valence-electron chi connectivity index (χ1n) is 6.56. The first-order valence-corrected chi connectivity index (χ1v) is 7.00. The van der Waals surface area contributed by atoms with E-state index in [1.165, 1.54) is 0 Å². The molecule has 0 aliphatic carbocycles. The maximum absolute atomic E-state index is 12.0. The molecule has 0 unspecified atom stereocenters. The molecule has 1 heterocycles. The van der Waals surface area contributed by atoms with E-state index in [4.69, 9.17) is 11.6 Å². The van der Waals surface area contributed by atoms with E-state index in [0.29, 0.717) is 31.8 Å². The fourth-order valence-electron chi connectivity index (χ4n) is 2.43. The van der Waals surface area contributed by atoms with Gasteiger partial charge in [0.25, 0.3) is 0 Å². The van der Waals surface area contributed by atoms with Crippen LogP contribution in [0.4, 0.5) is 0 Å². The predicted molar refractivity (Wildman–Crippen MR) is 70.1 cm³/mol. The third kappa shape index (κ3) is 4.14. The van der Waals surface area contributed by atoms with Crippen molar-refractivity contribution in [1.82, 2.24) is 4.90 Å². The van der Waals surface area contributed by atoms with Crippen LogP contribution < -0.4 is 0 Å².